The SMILES string of the molecule is Cc1ccc(CN2CC(C(=O)N3CCNc4ccccc4C3)CC2=O)cc1. The predicted octanol–water partition coefficient (Wildman–Crippen LogP) is 2.80. The van der Waals surface area contributed by atoms with Crippen LogP contribution in [0.3, 0.4) is 0 Å². The Hall–Kier alpha value is -2.82. The fourth-order valence-electron chi connectivity index (χ4n) is 3.89. The summed E-state index contributed by atoms with van der Waals surface area (Å²) in [4.78, 5) is 29.2. The molecule has 27 heavy (non-hydrogen) atoms. The molecular weight excluding hydrogens is 338 g/mol. The molecule has 140 valence electrons. The maximum Gasteiger partial charge on any atom is 0.228 e. The monoisotopic (exact) mass is 363 g/mol. The van der Waals surface area contributed by atoms with E-state index in [1.165, 1.54) is 5.56 Å². The van der Waals surface area contributed by atoms with Crippen LogP contribution < -0.4 is 5.32 Å². The number of rotatable bonds is 3. The molecule has 2 aromatic carbocycles. The Labute approximate surface area is 160 Å². The first-order chi connectivity index (χ1) is 13.1. The highest BCUT2D eigenvalue weighted by atomic mass is 16.2. The first-order valence-electron chi connectivity index (χ1n) is 9.54. The third-order valence-corrected chi connectivity index (χ3v) is 5.45. The fourth-order valence-corrected chi connectivity index (χ4v) is 3.89. The minimum atomic E-state index is -0.242. The van der Waals surface area contributed by atoms with Crippen LogP contribution in [-0.4, -0.2) is 41.2 Å². The molecule has 2 aliphatic rings. The number of nitrogens with one attached hydrogen (secondary N) is 1. The zero-order chi connectivity index (χ0) is 18.8. The molecule has 1 N–H and O–H groups in total. The van der Waals surface area contributed by atoms with Crippen LogP contribution in [-0.2, 0) is 22.7 Å². The zero-order valence-electron chi connectivity index (χ0n) is 15.6. The molecule has 2 amide bonds. The molecule has 1 fully saturated rings. The number of carbonyl (C=O) groups is 2. The normalized spacial score (nSPS) is 19.4. The molecule has 0 spiro atoms. The van der Waals surface area contributed by atoms with Gasteiger partial charge >= 0.3 is 0 Å². The average Bonchev–Trinajstić information content (AvgIpc) is 2.90. The Bertz CT molecular complexity index is 847. The van der Waals surface area contributed by atoms with Crippen molar-refractivity contribution in [2.75, 3.05) is 25.0 Å². The molecule has 5 heteroatoms. The summed E-state index contributed by atoms with van der Waals surface area (Å²) in [5.41, 5.74) is 4.53. The van der Waals surface area contributed by atoms with Gasteiger partial charge in [0.1, 0.15) is 0 Å². The fraction of sp³-hybridized carbons (Fsp3) is 0.364. The van der Waals surface area contributed by atoms with Gasteiger partial charge in [-0.3, -0.25) is 9.59 Å². The van der Waals surface area contributed by atoms with Crippen LogP contribution >= 0.6 is 0 Å². The molecule has 0 radical (unpaired) electrons. The molecule has 1 saturated heterocycles. The van der Waals surface area contributed by atoms with Gasteiger partial charge in [0.2, 0.25) is 11.8 Å². The van der Waals surface area contributed by atoms with Gasteiger partial charge in [0, 0.05) is 44.8 Å². The first-order valence-corrected chi connectivity index (χ1v) is 9.54. The van der Waals surface area contributed by atoms with E-state index in [1.54, 1.807) is 0 Å². The summed E-state index contributed by atoms with van der Waals surface area (Å²) in [7, 11) is 0. The molecule has 2 aliphatic heterocycles. The topological polar surface area (TPSA) is 52.7 Å². The molecule has 0 aliphatic carbocycles. The van der Waals surface area contributed by atoms with E-state index in [0.29, 0.717) is 32.6 Å². The zero-order valence-corrected chi connectivity index (χ0v) is 15.6. The van der Waals surface area contributed by atoms with E-state index in [2.05, 4.69) is 35.6 Å². The van der Waals surface area contributed by atoms with Crippen molar-refractivity contribution in [1.82, 2.24) is 9.80 Å². The second kappa shape index (κ2) is 7.43. The lowest BCUT2D eigenvalue weighted by atomic mass is 10.1. The highest BCUT2D eigenvalue weighted by molar-refractivity contribution is 5.89. The summed E-state index contributed by atoms with van der Waals surface area (Å²) in [5, 5.41) is 3.38. The third-order valence-electron chi connectivity index (χ3n) is 5.45. The Morgan fingerprint density at radius 1 is 1.15 bits per heavy atom. The molecule has 0 aromatic heterocycles. The number of likely N-dealkylation sites (tertiary alicyclic amines) is 1. The van der Waals surface area contributed by atoms with Gasteiger partial charge in [-0.25, -0.2) is 0 Å². The largest absolute Gasteiger partial charge is 0.383 e. The summed E-state index contributed by atoms with van der Waals surface area (Å²) in [5.74, 6) is -0.0799. The molecule has 0 saturated carbocycles. The Morgan fingerprint density at radius 3 is 2.74 bits per heavy atom. The lowest BCUT2D eigenvalue weighted by Gasteiger charge is -2.24. The van der Waals surface area contributed by atoms with Gasteiger partial charge in [0.15, 0.2) is 0 Å². The van der Waals surface area contributed by atoms with E-state index in [1.807, 2.05) is 34.9 Å². The smallest absolute Gasteiger partial charge is 0.228 e. The van der Waals surface area contributed by atoms with Gasteiger partial charge in [0.05, 0.1) is 5.92 Å². The first kappa shape index (κ1) is 17.6. The molecule has 1 unspecified atom stereocenters. The third kappa shape index (κ3) is 3.82. The van der Waals surface area contributed by atoms with E-state index >= 15 is 0 Å². The van der Waals surface area contributed by atoms with Crippen LogP contribution in [0.2, 0.25) is 0 Å². The summed E-state index contributed by atoms with van der Waals surface area (Å²) < 4.78 is 0. The number of para-hydroxylation sites is 1. The minimum Gasteiger partial charge on any atom is -0.383 e. The van der Waals surface area contributed by atoms with Crippen LogP contribution in [0, 0.1) is 12.8 Å². The molecule has 4 rings (SSSR count). The van der Waals surface area contributed by atoms with Crippen LogP contribution in [0.4, 0.5) is 5.69 Å². The Kier molecular flexibility index (Phi) is 4.84. The number of aryl methyl sites for hydroxylation is 1. The van der Waals surface area contributed by atoms with Gasteiger partial charge in [-0.05, 0) is 24.1 Å². The minimum absolute atomic E-state index is 0.0715. The van der Waals surface area contributed by atoms with Gasteiger partial charge in [-0.2, -0.15) is 0 Å². The van der Waals surface area contributed by atoms with Crippen molar-refractivity contribution in [3.8, 4) is 0 Å². The summed E-state index contributed by atoms with van der Waals surface area (Å²) in [6.45, 7) is 5.13. The van der Waals surface area contributed by atoms with Crippen LogP contribution in [0.5, 0.6) is 0 Å². The van der Waals surface area contributed by atoms with Crippen molar-refractivity contribution in [3.05, 3.63) is 65.2 Å². The lowest BCUT2D eigenvalue weighted by Crippen LogP contribution is -2.38. The number of benzene rings is 2. The van der Waals surface area contributed by atoms with E-state index in [-0.39, 0.29) is 17.7 Å². The lowest BCUT2D eigenvalue weighted by molar-refractivity contribution is -0.136. The Morgan fingerprint density at radius 2 is 1.93 bits per heavy atom. The molecule has 1 atom stereocenters. The second-order valence-electron chi connectivity index (χ2n) is 7.50. The van der Waals surface area contributed by atoms with Crippen LogP contribution in [0.15, 0.2) is 48.5 Å². The van der Waals surface area contributed by atoms with Crippen molar-refractivity contribution in [3.63, 3.8) is 0 Å². The summed E-state index contributed by atoms with van der Waals surface area (Å²) in [6.07, 6.45) is 0.316. The molecular formula is C22H25N3O2. The second-order valence-corrected chi connectivity index (χ2v) is 7.50. The quantitative estimate of drug-likeness (QED) is 0.912. The average molecular weight is 363 g/mol. The van der Waals surface area contributed by atoms with Gasteiger partial charge in [0.25, 0.3) is 0 Å². The summed E-state index contributed by atoms with van der Waals surface area (Å²) >= 11 is 0. The van der Waals surface area contributed by atoms with Crippen LogP contribution in [0.1, 0.15) is 23.1 Å². The van der Waals surface area contributed by atoms with Crippen molar-refractivity contribution in [1.29, 1.82) is 0 Å². The van der Waals surface area contributed by atoms with Crippen LogP contribution in [0.25, 0.3) is 0 Å². The maximum atomic E-state index is 13.1. The number of anilines is 1. The Balaban J connectivity index is 1.42. The standard InChI is InChI=1S/C22H25N3O2/c1-16-6-8-17(9-7-16)13-25-15-19(12-21(25)26)22(27)24-11-10-23-20-5-3-2-4-18(20)14-24/h2-9,19,23H,10-15H2,1H3. The summed E-state index contributed by atoms with van der Waals surface area (Å²) in [6, 6.07) is 16.3. The molecule has 2 heterocycles. The van der Waals surface area contributed by atoms with E-state index in [4.69, 9.17) is 0 Å². The molecule has 2 aromatic rings. The number of fused-ring (bicyclic) bond motifs is 1. The van der Waals surface area contributed by atoms with E-state index in [9.17, 15) is 9.59 Å². The van der Waals surface area contributed by atoms with Crippen molar-refractivity contribution < 1.29 is 9.59 Å². The highest BCUT2D eigenvalue weighted by Gasteiger charge is 2.36. The molecule has 0 bridgehead atoms. The number of hydrogen-bond acceptors (Lipinski definition) is 3. The number of carbonyl (C=O) groups excluding carboxylic acids is 2. The number of amides is 2. The van der Waals surface area contributed by atoms with Gasteiger partial charge < -0.3 is 15.1 Å². The van der Waals surface area contributed by atoms with E-state index < -0.39 is 0 Å². The number of hydrogen-bond donors (Lipinski definition) is 1. The maximum absolute atomic E-state index is 13.1. The predicted molar refractivity (Wildman–Crippen MR) is 105 cm³/mol. The highest BCUT2D eigenvalue weighted by Crippen LogP contribution is 2.25. The van der Waals surface area contributed by atoms with Crippen molar-refractivity contribution in [2.45, 2.75) is 26.4 Å². The molecule has 5 nitrogen and oxygen atoms in total. The number of nitrogens with zero attached hydrogens (tertiary/aromatic N) is 2. The van der Waals surface area contributed by atoms with E-state index in [0.717, 1.165) is 23.4 Å². The van der Waals surface area contributed by atoms with Crippen molar-refractivity contribution in [2.24, 2.45) is 5.92 Å². The van der Waals surface area contributed by atoms with Crippen molar-refractivity contribution >= 4 is 17.5 Å². The van der Waals surface area contributed by atoms with Gasteiger partial charge in [-0.1, -0.05) is 48.0 Å². The van der Waals surface area contributed by atoms with Gasteiger partial charge in [-0.15, -0.1) is 0 Å².